The van der Waals surface area contributed by atoms with E-state index >= 15 is 0 Å². The molecule has 0 radical (unpaired) electrons. The fourth-order valence-corrected chi connectivity index (χ4v) is 0.887. The van der Waals surface area contributed by atoms with Crippen LogP contribution in [0.4, 0.5) is 10.1 Å². The number of carbonyl (C=O) groups excluding carboxylic acids is 1. The first-order valence-electron chi connectivity index (χ1n) is 4.31. The van der Waals surface area contributed by atoms with E-state index in [2.05, 4.69) is 10.3 Å². The minimum absolute atomic E-state index is 0.105. The third-order valence-electron chi connectivity index (χ3n) is 1.81. The van der Waals surface area contributed by atoms with Gasteiger partial charge in [-0.3, -0.25) is 9.78 Å². The summed E-state index contributed by atoms with van der Waals surface area (Å²) in [5, 5.41) is 2.38. The highest BCUT2D eigenvalue weighted by molar-refractivity contribution is 5.94. The van der Waals surface area contributed by atoms with E-state index in [0.29, 0.717) is 6.42 Å². The maximum absolute atomic E-state index is 13.0. The topological polar surface area (TPSA) is 68.0 Å². The SMILES string of the molecule is CC[C@@H](N)C(=O)Nc1ccncc1F. The molecule has 3 N–H and O–H groups in total. The fourth-order valence-electron chi connectivity index (χ4n) is 0.887. The van der Waals surface area contributed by atoms with Crippen LogP contribution >= 0.6 is 0 Å². The first-order valence-corrected chi connectivity index (χ1v) is 4.31. The first-order chi connectivity index (χ1) is 6.65. The predicted molar refractivity (Wildman–Crippen MR) is 51.1 cm³/mol. The third-order valence-corrected chi connectivity index (χ3v) is 1.81. The maximum atomic E-state index is 13.0. The van der Waals surface area contributed by atoms with Gasteiger partial charge in [-0.15, -0.1) is 0 Å². The van der Waals surface area contributed by atoms with E-state index in [0.717, 1.165) is 6.20 Å². The lowest BCUT2D eigenvalue weighted by atomic mass is 10.2. The quantitative estimate of drug-likeness (QED) is 0.756. The first kappa shape index (κ1) is 10.6. The number of pyridine rings is 1. The monoisotopic (exact) mass is 197 g/mol. The van der Waals surface area contributed by atoms with E-state index in [1.54, 1.807) is 6.92 Å². The van der Waals surface area contributed by atoms with Crippen molar-refractivity contribution in [2.75, 3.05) is 5.32 Å². The van der Waals surface area contributed by atoms with Gasteiger partial charge in [-0.05, 0) is 12.5 Å². The van der Waals surface area contributed by atoms with Crippen LogP contribution in [-0.2, 0) is 4.79 Å². The third kappa shape index (κ3) is 2.50. The van der Waals surface area contributed by atoms with Crippen molar-refractivity contribution in [1.29, 1.82) is 0 Å². The molecule has 1 aromatic heterocycles. The van der Waals surface area contributed by atoms with E-state index < -0.39 is 17.8 Å². The van der Waals surface area contributed by atoms with Crippen LogP contribution in [0.2, 0.25) is 0 Å². The summed E-state index contributed by atoms with van der Waals surface area (Å²) in [6.45, 7) is 1.78. The second-order valence-corrected chi connectivity index (χ2v) is 2.86. The zero-order chi connectivity index (χ0) is 10.6. The van der Waals surface area contributed by atoms with Crippen LogP contribution in [0.25, 0.3) is 0 Å². The molecule has 0 bridgehead atoms. The Morgan fingerprint density at radius 1 is 1.79 bits per heavy atom. The number of rotatable bonds is 3. The Hall–Kier alpha value is -1.49. The van der Waals surface area contributed by atoms with Crippen LogP contribution in [0, 0.1) is 5.82 Å². The maximum Gasteiger partial charge on any atom is 0.241 e. The van der Waals surface area contributed by atoms with Gasteiger partial charge in [0.1, 0.15) is 0 Å². The van der Waals surface area contributed by atoms with Crippen LogP contribution in [0.1, 0.15) is 13.3 Å². The summed E-state index contributed by atoms with van der Waals surface area (Å²) >= 11 is 0. The molecule has 0 aliphatic heterocycles. The molecule has 0 aliphatic rings. The van der Waals surface area contributed by atoms with Crippen LogP contribution in [0.5, 0.6) is 0 Å². The Labute approximate surface area is 81.3 Å². The van der Waals surface area contributed by atoms with Crippen molar-refractivity contribution in [3.63, 3.8) is 0 Å². The van der Waals surface area contributed by atoms with Gasteiger partial charge in [0.15, 0.2) is 5.82 Å². The Balaban J connectivity index is 2.70. The lowest BCUT2D eigenvalue weighted by Gasteiger charge is -2.09. The highest BCUT2D eigenvalue weighted by atomic mass is 19.1. The summed E-state index contributed by atoms with van der Waals surface area (Å²) in [5.74, 6) is -0.957. The Bertz CT molecular complexity index is 330. The van der Waals surface area contributed by atoms with Gasteiger partial charge in [0, 0.05) is 6.20 Å². The van der Waals surface area contributed by atoms with Gasteiger partial charge in [-0.1, -0.05) is 6.92 Å². The molecule has 1 aromatic rings. The summed E-state index contributed by atoms with van der Waals surface area (Å²) in [7, 11) is 0. The second-order valence-electron chi connectivity index (χ2n) is 2.86. The standard InChI is InChI=1S/C9H12FN3O/c1-2-7(11)9(14)13-8-3-4-12-5-6(8)10/h3-5,7H,2,11H2,1H3,(H,12,13,14)/t7-/m1/s1. The molecule has 1 atom stereocenters. The summed E-state index contributed by atoms with van der Waals surface area (Å²) in [6, 6.07) is 0.776. The lowest BCUT2D eigenvalue weighted by molar-refractivity contribution is -0.117. The number of anilines is 1. The molecule has 0 fully saturated rings. The number of nitrogens with two attached hydrogens (primary N) is 1. The molecule has 4 nitrogen and oxygen atoms in total. The number of hydrogen-bond donors (Lipinski definition) is 2. The molecule has 0 spiro atoms. The Morgan fingerprint density at radius 3 is 3.07 bits per heavy atom. The molecule has 0 aliphatic carbocycles. The molecule has 0 saturated heterocycles. The average molecular weight is 197 g/mol. The zero-order valence-electron chi connectivity index (χ0n) is 7.83. The minimum atomic E-state index is -0.609. The molecule has 0 saturated carbocycles. The lowest BCUT2D eigenvalue weighted by Crippen LogP contribution is -2.35. The zero-order valence-corrected chi connectivity index (χ0v) is 7.83. The predicted octanol–water partition coefficient (Wildman–Crippen LogP) is 0.896. The number of halogens is 1. The molecular weight excluding hydrogens is 185 g/mol. The van der Waals surface area contributed by atoms with Gasteiger partial charge >= 0.3 is 0 Å². The van der Waals surface area contributed by atoms with Crippen molar-refractivity contribution in [2.45, 2.75) is 19.4 Å². The fraction of sp³-hybridized carbons (Fsp3) is 0.333. The van der Waals surface area contributed by atoms with Gasteiger partial charge in [-0.25, -0.2) is 4.39 Å². The van der Waals surface area contributed by atoms with E-state index in [1.165, 1.54) is 12.3 Å². The molecule has 1 rings (SSSR count). The largest absolute Gasteiger partial charge is 0.322 e. The summed E-state index contributed by atoms with van der Waals surface area (Å²) in [4.78, 5) is 14.8. The Morgan fingerprint density at radius 2 is 2.50 bits per heavy atom. The van der Waals surface area contributed by atoms with Crippen LogP contribution in [-0.4, -0.2) is 16.9 Å². The van der Waals surface area contributed by atoms with Crippen LogP contribution in [0.3, 0.4) is 0 Å². The van der Waals surface area contributed by atoms with Gasteiger partial charge in [-0.2, -0.15) is 0 Å². The molecular formula is C9H12FN3O. The van der Waals surface area contributed by atoms with Gasteiger partial charge in [0.05, 0.1) is 17.9 Å². The van der Waals surface area contributed by atoms with Crippen LogP contribution < -0.4 is 11.1 Å². The van der Waals surface area contributed by atoms with Crippen LogP contribution in [0.15, 0.2) is 18.5 Å². The van der Waals surface area contributed by atoms with Gasteiger partial charge in [0.25, 0.3) is 0 Å². The summed E-state index contributed by atoms with van der Waals surface area (Å²) < 4.78 is 13.0. The van der Waals surface area contributed by atoms with Crippen molar-refractivity contribution in [3.8, 4) is 0 Å². The number of amides is 1. The average Bonchev–Trinajstić information content (AvgIpc) is 2.20. The number of nitrogens with zero attached hydrogens (tertiary/aromatic N) is 1. The molecule has 5 heteroatoms. The van der Waals surface area contributed by atoms with E-state index in [4.69, 9.17) is 5.73 Å². The summed E-state index contributed by atoms with van der Waals surface area (Å²) in [5.41, 5.74) is 5.57. The molecule has 76 valence electrons. The molecule has 0 unspecified atom stereocenters. The molecule has 1 amide bonds. The number of carbonyl (C=O) groups is 1. The van der Waals surface area contributed by atoms with Crippen molar-refractivity contribution in [2.24, 2.45) is 5.73 Å². The highest BCUT2D eigenvalue weighted by Crippen LogP contribution is 2.10. The van der Waals surface area contributed by atoms with E-state index in [1.807, 2.05) is 0 Å². The number of hydrogen-bond acceptors (Lipinski definition) is 3. The van der Waals surface area contributed by atoms with Crippen molar-refractivity contribution < 1.29 is 9.18 Å². The number of aromatic nitrogens is 1. The normalized spacial score (nSPS) is 12.2. The van der Waals surface area contributed by atoms with Crippen molar-refractivity contribution in [3.05, 3.63) is 24.3 Å². The smallest absolute Gasteiger partial charge is 0.241 e. The van der Waals surface area contributed by atoms with E-state index in [-0.39, 0.29) is 5.69 Å². The van der Waals surface area contributed by atoms with Gasteiger partial charge < -0.3 is 11.1 Å². The van der Waals surface area contributed by atoms with E-state index in [9.17, 15) is 9.18 Å². The molecule has 1 heterocycles. The molecule has 0 aromatic carbocycles. The van der Waals surface area contributed by atoms with Crippen molar-refractivity contribution >= 4 is 11.6 Å². The second kappa shape index (κ2) is 4.66. The minimum Gasteiger partial charge on any atom is -0.322 e. The van der Waals surface area contributed by atoms with Gasteiger partial charge in [0.2, 0.25) is 5.91 Å². The molecule has 14 heavy (non-hydrogen) atoms. The number of nitrogens with one attached hydrogen (secondary N) is 1. The highest BCUT2D eigenvalue weighted by Gasteiger charge is 2.12. The van der Waals surface area contributed by atoms with Crippen molar-refractivity contribution in [1.82, 2.24) is 4.98 Å². The Kier molecular flexibility index (Phi) is 3.53. The summed E-state index contributed by atoms with van der Waals surface area (Å²) in [6.07, 6.45) is 2.95.